The Morgan fingerprint density at radius 3 is 2.45 bits per heavy atom. The molecule has 1 aromatic heterocycles. The summed E-state index contributed by atoms with van der Waals surface area (Å²) < 4.78 is 57.5. The Balaban J connectivity index is 2.31. The van der Waals surface area contributed by atoms with Gasteiger partial charge in [0.25, 0.3) is 0 Å². The maximum absolute atomic E-state index is 12.4. The second-order valence-corrected chi connectivity index (χ2v) is 8.42. The molecule has 1 unspecified atom stereocenters. The number of hydrogen-bond acceptors (Lipinski definition) is 6. The third kappa shape index (κ3) is 7.50. The largest absolute Gasteiger partial charge is 0.573 e. The number of carbonyl (C=O) groups is 1. The first-order valence-electron chi connectivity index (χ1n) is 8.52. The average molecular weight is 448 g/mol. The molecule has 0 saturated heterocycles. The zero-order valence-electron chi connectivity index (χ0n) is 15.6. The first kappa shape index (κ1) is 22.9. The van der Waals surface area contributed by atoms with E-state index >= 15 is 0 Å². The minimum atomic E-state index is -4.79. The van der Waals surface area contributed by atoms with Gasteiger partial charge in [-0.25, -0.2) is 10.2 Å². The van der Waals surface area contributed by atoms with Gasteiger partial charge in [-0.3, -0.25) is 4.21 Å². The predicted molar refractivity (Wildman–Crippen MR) is 106 cm³/mol. The van der Waals surface area contributed by atoms with Crippen LogP contribution in [0.4, 0.5) is 18.0 Å². The summed E-state index contributed by atoms with van der Waals surface area (Å²) in [7, 11) is -0.991. The molecule has 0 fully saturated rings. The highest BCUT2D eigenvalue weighted by atomic mass is 32.2. The van der Waals surface area contributed by atoms with Gasteiger partial charge < -0.3 is 9.47 Å². The van der Waals surface area contributed by atoms with E-state index in [1.165, 1.54) is 23.5 Å². The van der Waals surface area contributed by atoms with E-state index in [-0.39, 0.29) is 12.4 Å². The molecular formula is C18H19F3N2O4S2. The van der Waals surface area contributed by atoms with Crippen LogP contribution in [0, 0.1) is 0 Å². The van der Waals surface area contributed by atoms with Crippen molar-refractivity contribution in [2.75, 3.05) is 12.4 Å². The van der Waals surface area contributed by atoms with E-state index in [1.807, 2.05) is 6.92 Å². The van der Waals surface area contributed by atoms with E-state index in [9.17, 15) is 22.2 Å². The number of benzene rings is 1. The Morgan fingerprint density at radius 2 is 1.86 bits per heavy atom. The number of thiophene rings is 1. The average Bonchev–Trinajstić information content (AvgIpc) is 3.10. The molecule has 0 aliphatic rings. The highest BCUT2D eigenvalue weighted by Crippen LogP contribution is 2.26. The molecule has 158 valence electrons. The van der Waals surface area contributed by atoms with E-state index < -0.39 is 23.3 Å². The van der Waals surface area contributed by atoms with Crippen LogP contribution in [0.5, 0.6) is 5.75 Å². The first-order chi connectivity index (χ1) is 13.7. The SMILES string of the molecule is CCOC(=O)NN=C(c1ccc(OC(F)(F)F)cc1)c1ccc(CS(=O)CC)s1. The maximum atomic E-state index is 12.4. The van der Waals surface area contributed by atoms with Crippen molar-refractivity contribution in [3.8, 4) is 5.75 Å². The molecule has 6 nitrogen and oxygen atoms in total. The number of carbonyl (C=O) groups excluding carboxylic acids is 1. The normalized spacial score (nSPS) is 13.1. The third-order valence-electron chi connectivity index (χ3n) is 3.42. The molecule has 0 spiro atoms. The summed E-state index contributed by atoms with van der Waals surface area (Å²) in [4.78, 5) is 13.1. The summed E-state index contributed by atoms with van der Waals surface area (Å²) in [6, 6.07) is 8.66. The topological polar surface area (TPSA) is 77.0 Å². The minimum Gasteiger partial charge on any atom is -0.449 e. The number of alkyl halides is 3. The van der Waals surface area contributed by atoms with Crippen LogP contribution >= 0.6 is 11.3 Å². The van der Waals surface area contributed by atoms with Gasteiger partial charge in [0.1, 0.15) is 11.5 Å². The molecule has 29 heavy (non-hydrogen) atoms. The number of nitrogens with one attached hydrogen (secondary N) is 1. The van der Waals surface area contributed by atoms with Crippen LogP contribution in [0.2, 0.25) is 0 Å². The fraction of sp³-hybridized carbons (Fsp3) is 0.333. The molecule has 1 N–H and O–H groups in total. The van der Waals surface area contributed by atoms with Gasteiger partial charge in [-0.05, 0) is 43.3 Å². The lowest BCUT2D eigenvalue weighted by molar-refractivity contribution is -0.274. The van der Waals surface area contributed by atoms with Gasteiger partial charge in [0.05, 0.1) is 17.2 Å². The molecule has 1 heterocycles. The zero-order valence-corrected chi connectivity index (χ0v) is 17.2. The lowest BCUT2D eigenvalue weighted by atomic mass is 10.1. The van der Waals surface area contributed by atoms with Crippen molar-refractivity contribution in [1.82, 2.24) is 5.43 Å². The highest BCUT2D eigenvalue weighted by molar-refractivity contribution is 7.84. The van der Waals surface area contributed by atoms with Crippen LogP contribution in [0.1, 0.15) is 29.2 Å². The fourth-order valence-electron chi connectivity index (χ4n) is 2.18. The lowest BCUT2D eigenvalue weighted by Gasteiger charge is -2.10. The Kier molecular flexibility index (Phi) is 8.21. The maximum Gasteiger partial charge on any atom is 0.573 e. The molecule has 1 amide bonds. The van der Waals surface area contributed by atoms with E-state index in [4.69, 9.17) is 4.74 Å². The van der Waals surface area contributed by atoms with Crippen molar-refractivity contribution in [3.63, 3.8) is 0 Å². The van der Waals surface area contributed by atoms with Crippen LogP contribution in [-0.4, -0.2) is 34.7 Å². The molecular weight excluding hydrogens is 429 g/mol. The molecule has 0 saturated carbocycles. The van der Waals surface area contributed by atoms with Crippen molar-refractivity contribution < 1.29 is 31.6 Å². The minimum absolute atomic E-state index is 0.159. The second-order valence-electron chi connectivity index (χ2n) is 5.50. The summed E-state index contributed by atoms with van der Waals surface area (Å²) in [5.41, 5.74) is 3.05. The molecule has 2 rings (SSSR count). The van der Waals surface area contributed by atoms with E-state index in [0.717, 1.165) is 17.0 Å². The lowest BCUT2D eigenvalue weighted by Crippen LogP contribution is -2.21. The van der Waals surface area contributed by atoms with Crippen molar-refractivity contribution >= 4 is 33.9 Å². The molecule has 0 aliphatic heterocycles. The van der Waals surface area contributed by atoms with Gasteiger partial charge in [-0.2, -0.15) is 5.10 Å². The van der Waals surface area contributed by atoms with Crippen molar-refractivity contribution in [3.05, 3.63) is 51.7 Å². The van der Waals surface area contributed by atoms with Gasteiger partial charge in [-0.1, -0.05) is 6.92 Å². The summed E-state index contributed by atoms with van der Waals surface area (Å²) in [6.07, 6.45) is -5.55. The standard InChI is InChI=1S/C18H19F3N2O4S2/c1-3-26-17(24)23-22-16(15-10-9-14(28-15)11-29(25)4-2)12-5-7-13(8-6-12)27-18(19,20)21/h5-10H,3-4,11H2,1-2H3,(H,23,24). The molecule has 1 aromatic carbocycles. The molecule has 1 atom stereocenters. The van der Waals surface area contributed by atoms with Crippen molar-refractivity contribution in [2.24, 2.45) is 5.10 Å². The number of halogens is 3. The van der Waals surface area contributed by atoms with Crippen LogP contribution in [0.15, 0.2) is 41.5 Å². The van der Waals surface area contributed by atoms with Gasteiger partial charge >= 0.3 is 12.5 Å². The number of hydrazone groups is 1. The van der Waals surface area contributed by atoms with Gasteiger partial charge in [0.2, 0.25) is 0 Å². The number of ether oxygens (including phenoxy) is 2. The molecule has 0 aliphatic carbocycles. The summed E-state index contributed by atoms with van der Waals surface area (Å²) in [6.45, 7) is 3.63. The summed E-state index contributed by atoms with van der Waals surface area (Å²) in [5, 5.41) is 4.06. The number of amides is 1. The highest BCUT2D eigenvalue weighted by Gasteiger charge is 2.31. The quantitative estimate of drug-likeness (QED) is 0.479. The monoisotopic (exact) mass is 448 g/mol. The van der Waals surface area contributed by atoms with Crippen molar-refractivity contribution in [2.45, 2.75) is 26.0 Å². The summed E-state index contributed by atoms with van der Waals surface area (Å²) >= 11 is 1.33. The van der Waals surface area contributed by atoms with Gasteiger partial charge in [-0.15, -0.1) is 24.5 Å². The van der Waals surface area contributed by atoms with E-state index in [0.29, 0.717) is 27.7 Å². The van der Waals surface area contributed by atoms with Crippen LogP contribution in [0.25, 0.3) is 0 Å². The molecule has 2 aromatic rings. The first-order valence-corrected chi connectivity index (χ1v) is 10.8. The number of nitrogens with zero attached hydrogens (tertiary/aromatic N) is 1. The Morgan fingerprint density at radius 1 is 1.17 bits per heavy atom. The van der Waals surface area contributed by atoms with Crippen LogP contribution in [-0.2, 0) is 21.3 Å². The fourth-order valence-corrected chi connectivity index (χ4v) is 4.25. The van der Waals surface area contributed by atoms with Crippen LogP contribution in [0.3, 0.4) is 0 Å². The second kappa shape index (κ2) is 10.4. The Labute approximate surface area is 172 Å². The van der Waals surface area contributed by atoms with Gasteiger partial charge in [0, 0.05) is 27.0 Å². The zero-order chi connectivity index (χ0) is 21.4. The predicted octanol–water partition coefficient (Wildman–Crippen LogP) is 4.41. The van der Waals surface area contributed by atoms with Crippen LogP contribution < -0.4 is 10.2 Å². The molecule has 0 bridgehead atoms. The smallest absolute Gasteiger partial charge is 0.449 e. The van der Waals surface area contributed by atoms with Crippen molar-refractivity contribution in [1.29, 1.82) is 0 Å². The van der Waals surface area contributed by atoms with Gasteiger partial charge in [0.15, 0.2) is 0 Å². The van der Waals surface area contributed by atoms with E-state index in [1.54, 1.807) is 19.1 Å². The molecule has 0 radical (unpaired) electrons. The number of rotatable bonds is 8. The summed E-state index contributed by atoms with van der Waals surface area (Å²) in [5.74, 6) is 0.543. The van der Waals surface area contributed by atoms with E-state index in [2.05, 4.69) is 15.3 Å². The Hall–Kier alpha value is -2.40. The third-order valence-corrected chi connectivity index (χ3v) is 5.97. The number of hydrogen-bond donors (Lipinski definition) is 1. The Bertz CT molecular complexity index is 880. The molecule has 11 heteroatoms.